The van der Waals surface area contributed by atoms with Crippen LogP contribution in [-0.4, -0.2) is 28.2 Å². The van der Waals surface area contributed by atoms with Crippen LogP contribution >= 0.6 is 11.3 Å². The van der Waals surface area contributed by atoms with Gasteiger partial charge in [0.25, 0.3) is 12.3 Å². The Morgan fingerprint density at radius 3 is 2.85 bits per heavy atom. The third-order valence-corrected chi connectivity index (χ3v) is 5.57. The molecule has 1 aromatic carbocycles. The van der Waals surface area contributed by atoms with E-state index in [1.54, 1.807) is 18.2 Å². The Morgan fingerprint density at radius 2 is 2.15 bits per heavy atom. The van der Waals surface area contributed by atoms with Crippen LogP contribution in [0.2, 0.25) is 0 Å². The number of halogens is 2. The van der Waals surface area contributed by atoms with Crippen molar-refractivity contribution in [2.75, 3.05) is 12.4 Å². The van der Waals surface area contributed by atoms with E-state index < -0.39 is 18.0 Å². The second-order valence-electron chi connectivity index (χ2n) is 7.22. The van der Waals surface area contributed by atoms with E-state index in [4.69, 9.17) is 11.3 Å². The van der Waals surface area contributed by atoms with Gasteiger partial charge in [0.05, 0.1) is 13.3 Å². The van der Waals surface area contributed by atoms with Crippen molar-refractivity contribution in [2.45, 2.75) is 25.8 Å². The molecule has 1 saturated carbocycles. The fourth-order valence-electron chi connectivity index (χ4n) is 3.03. The fraction of sp³-hybridized carbons (Fsp3) is 0.261. The molecule has 0 radical (unpaired) electrons. The highest BCUT2D eigenvalue weighted by Crippen LogP contribution is 2.35. The molecule has 2 heterocycles. The van der Waals surface area contributed by atoms with Crippen LogP contribution in [0.3, 0.4) is 0 Å². The number of methoxy groups -OCH3 is 1. The predicted octanol–water partition coefficient (Wildman–Crippen LogP) is 4.98. The van der Waals surface area contributed by atoms with Crippen LogP contribution in [0.15, 0.2) is 30.5 Å². The zero-order valence-corrected chi connectivity index (χ0v) is 18.2. The number of hydrogen-bond donors (Lipinski definition) is 1. The molecule has 33 heavy (non-hydrogen) atoms. The Balaban J connectivity index is 1.70. The Labute approximate surface area is 192 Å². The van der Waals surface area contributed by atoms with Gasteiger partial charge in [-0.2, -0.15) is 0 Å². The molecule has 0 saturated heterocycles. The zero-order chi connectivity index (χ0) is 23.4. The molecule has 0 aliphatic heterocycles. The number of aromatic nitrogens is 3. The van der Waals surface area contributed by atoms with Gasteiger partial charge in [0.1, 0.15) is 11.4 Å². The van der Waals surface area contributed by atoms with Gasteiger partial charge in [-0.15, -0.1) is 10.2 Å². The first-order valence-electron chi connectivity index (χ1n) is 9.93. The average molecular weight is 465 g/mol. The summed E-state index contributed by atoms with van der Waals surface area (Å²) in [6.07, 6.45) is 0.575. The highest BCUT2D eigenvalue weighted by Gasteiger charge is 2.21. The molecule has 1 fully saturated rings. The average Bonchev–Trinajstić information content (AvgIpc) is 3.55. The third kappa shape index (κ3) is 5.30. The van der Waals surface area contributed by atoms with Gasteiger partial charge in [-0.25, -0.2) is 15.4 Å². The first-order valence-corrected chi connectivity index (χ1v) is 10.7. The number of pyridine rings is 1. The topological polar surface area (TPSA) is 81.4 Å². The third-order valence-electron chi connectivity index (χ3n) is 4.82. The quantitative estimate of drug-likeness (QED) is 0.410. The lowest BCUT2D eigenvalue weighted by atomic mass is 9.96. The second-order valence-corrected chi connectivity index (χ2v) is 8.19. The summed E-state index contributed by atoms with van der Waals surface area (Å²) in [4.78, 5) is 20.2. The molecule has 0 atom stereocenters. The largest absolute Gasteiger partial charge is 0.494 e. The summed E-state index contributed by atoms with van der Waals surface area (Å²) in [6, 6.07) is 5.99. The monoisotopic (exact) mass is 465 g/mol. The standard InChI is InChI=1S/C23H17F2N5O2S/c1-26-11-14-5-7-15(16(9-14)17-10-18(21(24)25)27-12-19(17)32-2)22(31)28-23-30-29-20(33-23)8-6-13-3-4-13/h5,7,9-10,12-13,21H,3-4,11H2,2H3,(H,28,30,31). The van der Waals surface area contributed by atoms with Crippen molar-refractivity contribution in [1.29, 1.82) is 0 Å². The van der Waals surface area contributed by atoms with Crippen molar-refractivity contribution in [3.8, 4) is 28.7 Å². The first-order chi connectivity index (χ1) is 16.0. The van der Waals surface area contributed by atoms with Gasteiger partial charge >= 0.3 is 0 Å². The lowest BCUT2D eigenvalue weighted by Gasteiger charge is -2.14. The van der Waals surface area contributed by atoms with Gasteiger partial charge in [0, 0.05) is 22.6 Å². The minimum absolute atomic E-state index is 0.0728. The van der Waals surface area contributed by atoms with Gasteiger partial charge in [-0.1, -0.05) is 23.3 Å². The lowest BCUT2D eigenvalue weighted by molar-refractivity contribution is 0.102. The summed E-state index contributed by atoms with van der Waals surface area (Å²) in [5, 5.41) is 11.4. The maximum atomic E-state index is 13.3. The fourth-order valence-corrected chi connectivity index (χ4v) is 3.63. The van der Waals surface area contributed by atoms with E-state index in [9.17, 15) is 13.6 Å². The number of ether oxygens (including phenoxy) is 1. The maximum absolute atomic E-state index is 13.3. The summed E-state index contributed by atoms with van der Waals surface area (Å²) in [5.74, 6) is 6.17. The molecule has 1 amide bonds. The Morgan fingerprint density at radius 1 is 1.33 bits per heavy atom. The molecule has 1 N–H and O–H groups in total. The SMILES string of the molecule is [C-]#[N+]Cc1ccc(C(=O)Nc2nnc(C#CC3CC3)s2)c(-c2cc(C(F)F)ncc2OC)c1. The van der Waals surface area contributed by atoms with E-state index in [1.165, 1.54) is 19.4 Å². The number of benzene rings is 1. The molecule has 2 aromatic heterocycles. The van der Waals surface area contributed by atoms with Crippen LogP contribution in [0.4, 0.5) is 13.9 Å². The number of nitrogens with zero attached hydrogens (tertiary/aromatic N) is 4. The Hall–Kier alpha value is -3.89. The molecule has 0 spiro atoms. The van der Waals surface area contributed by atoms with E-state index in [0.717, 1.165) is 24.2 Å². The van der Waals surface area contributed by atoms with Crippen LogP contribution in [0.25, 0.3) is 16.0 Å². The summed E-state index contributed by atoms with van der Waals surface area (Å²) < 4.78 is 31.9. The van der Waals surface area contributed by atoms with E-state index in [-0.39, 0.29) is 28.6 Å². The number of carbonyl (C=O) groups excluding carboxylic acids is 1. The van der Waals surface area contributed by atoms with Crippen molar-refractivity contribution in [3.05, 3.63) is 63.7 Å². The number of alkyl halides is 2. The molecule has 7 nitrogen and oxygen atoms in total. The minimum Gasteiger partial charge on any atom is -0.494 e. The smallest absolute Gasteiger partial charge is 0.280 e. The normalized spacial score (nSPS) is 12.6. The molecule has 1 aliphatic carbocycles. The Kier molecular flexibility index (Phi) is 6.57. The number of rotatable bonds is 6. The number of anilines is 1. The number of amides is 1. The predicted molar refractivity (Wildman–Crippen MR) is 119 cm³/mol. The summed E-state index contributed by atoms with van der Waals surface area (Å²) in [5.41, 5.74) is 0.994. The second kappa shape index (κ2) is 9.72. The summed E-state index contributed by atoms with van der Waals surface area (Å²) in [7, 11) is 1.39. The van der Waals surface area contributed by atoms with Crippen molar-refractivity contribution in [2.24, 2.45) is 5.92 Å². The molecular weight excluding hydrogens is 448 g/mol. The summed E-state index contributed by atoms with van der Waals surface area (Å²) in [6.45, 7) is 7.20. The van der Waals surface area contributed by atoms with Crippen LogP contribution in [0, 0.1) is 24.3 Å². The molecular formula is C23H17F2N5O2S. The number of carbonyl (C=O) groups is 1. The van der Waals surface area contributed by atoms with E-state index in [0.29, 0.717) is 22.1 Å². The van der Waals surface area contributed by atoms with Crippen molar-refractivity contribution in [1.82, 2.24) is 15.2 Å². The highest BCUT2D eigenvalue weighted by atomic mass is 32.1. The number of nitrogens with one attached hydrogen (secondary N) is 1. The molecule has 10 heteroatoms. The molecule has 0 unspecified atom stereocenters. The highest BCUT2D eigenvalue weighted by molar-refractivity contribution is 7.15. The molecule has 166 valence electrons. The first kappa shape index (κ1) is 22.3. The summed E-state index contributed by atoms with van der Waals surface area (Å²) >= 11 is 1.15. The van der Waals surface area contributed by atoms with Gasteiger partial charge in [-0.3, -0.25) is 15.1 Å². The minimum atomic E-state index is -2.80. The van der Waals surface area contributed by atoms with Crippen LogP contribution in [0.1, 0.15) is 45.9 Å². The number of hydrogen-bond acceptors (Lipinski definition) is 6. The van der Waals surface area contributed by atoms with Crippen molar-refractivity contribution in [3.63, 3.8) is 0 Å². The molecule has 1 aliphatic rings. The van der Waals surface area contributed by atoms with Gasteiger partial charge < -0.3 is 9.58 Å². The molecule has 4 rings (SSSR count). The van der Waals surface area contributed by atoms with E-state index in [2.05, 4.69) is 37.2 Å². The van der Waals surface area contributed by atoms with Gasteiger partial charge in [0.2, 0.25) is 11.7 Å². The molecule has 3 aromatic rings. The van der Waals surface area contributed by atoms with Crippen molar-refractivity contribution < 1.29 is 18.3 Å². The zero-order valence-electron chi connectivity index (χ0n) is 17.4. The Bertz CT molecular complexity index is 1300. The van der Waals surface area contributed by atoms with Gasteiger partial charge in [-0.05, 0) is 42.5 Å². The van der Waals surface area contributed by atoms with Crippen LogP contribution in [-0.2, 0) is 6.54 Å². The van der Waals surface area contributed by atoms with E-state index >= 15 is 0 Å². The van der Waals surface area contributed by atoms with E-state index in [1.807, 2.05) is 0 Å². The van der Waals surface area contributed by atoms with Crippen LogP contribution in [0.5, 0.6) is 5.75 Å². The molecule has 0 bridgehead atoms. The maximum Gasteiger partial charge on any atom is 0.280 e. The van der Waals surface area contributed by atoms with Crippen molar-refractivity contribution >= 4 is 22.4 Å². The van der Waals surface area contributed by atoms with Gasteiger partial charge in [0.15, 0.2) is 5.01 Å². The van der Waals surface area contributed by atoms with Crippen LogP contribution < -0.4 is 10.1 Å². The lowest BCUT2D eigenvalue weighted by Crippen LogP contribution is -2.13.